The number of hydrogen-bond donors (Lipinski definition) is 2. The van der Waals surface area contributed by atoms with Crippen molar-refractivity contribution in [3.05, 3.63) is 0 Å². The summed E-state index contributed by atoms with van der Waals surface area (Å²) in [6, 6.07) is 0.726. The van der Waals surface area contributed by atoms with Crippen LogP contribution < -0.4 is 11.1 Å². The standard InChI is InChI=1S/C10H20N2/c11-10(5-3-6-10)8-9-4-1-2-7-12-9/h9,12H,1-8,11H2. The summed E-state index contributed by atoms with van der Waals surface area (Å²) in [5.41, 5.74) is 6.41. The Hall–Kier alpha value is -0.0800. The summed E-state index contributed by atoms with van der Waals surface area (Å²) >= 11 is 0. The maximum absolute atomic E-state index is 6.19. The molecule has 0 aromatic heterocycles. The minimum atomic E-state index is 0.217. The Kier molecular flexibility index (Phi) is 2.37. The van der Waals surface area contributed by atoms with Crippen molar-refractivity contribution in [2.45, 2.75) is 56.5 Å². The zero-order valence-electron chi connectivity index (χ0n) is 7.81. The highest BCUT2D eigenvalue weighted by atomic mass is 14.9. The van der Waals surface area contributed by atoms with Crippen LogP contribution in [-0.2, 0) is 0 Å². The molecular formula is C10H20N2. The number of nitrogens with one attached hydrogen (secondary N) is 1. The van der Waals surface area contributed by atoms with Gasteiger partial charge in [0.2, 0.25) is 0 Å². The van der Waals surface area contributed by atoms with E-state index in [2.05, 4.69) is 5.32 Å². The van der Waals surface area contributed by atoms with E-state index >= 15 is 0 Å². The average Bonchev–Trinajstić information content (AvgIpc) is 2.04. The highest BCUT2D eigenvalue weighted by Gasteiger charge is 2.34. The summed E-state index contributed by atoms with van der Waals surface area (Å²) in [7, 11) is 0. The monoisotopic (exact) mass is 168 g/mol. The van der Waals surface area contributed by atoms with Crippen molar-refractivity contribution in [3.63, 3.8) is 0 Å². The Morgan fingerprint density at radius 3 is 2.58 bits per heavy atom. The van der Waals surface area contributed by atoms with E-state index < -0.39 is 0 Å². The lowest BCUT2D eigenvalue weighted by Gasteiger charge is -2.41. The molecule has 12 heavy (non-hydrogen) atoms. The van der Waals surface area contributed by atoms with E-state index in [-0.39, 0.29) is 5.54 Å². The molecule has 3 N–H and O–H groups in total. The quantitative estimate of drug-likeness (QED) is 0.654. The molecule has 0 bridgehead atoms. The first kappa shape index (κ1) is 8.52. The van der Waals surface area contributed by atoms with Gasteiger partial charge in [-0.2, -0.15) is 0 Å². The topological polar surface area (TPSA) is 38.0 Å². The Bertz CT molecular complexity index is 146. The average molecular weight is 168 g/mol. The Balaban J connectivity index is 1.77. The molecule has 70 valence electrons. The van der Waals surface area contributed by atoms with Gasteiger partial charge in [-0.25, -0.2) is 0 Å². The Labute approximate surface area is 74.9 Å². The molecule has 1 saturated carbocycles. The first-order valence-electron chi connectivity index (χ1n) is 5.31. The number of hydrogen-bond acceptors (Lipinski definition) is 2. The van der Waals surface area contributed by atoms with Gasteiger partial charge in [0.25, 0.3) is 0 Å². The zero-order valence-corrected chi connectivity index (χ0v) is 7.81. The molecule has 1 heterocycles. The van der Waals surface area contributed by atoms with E-state index in [0.29, 0.717) is 0 Å². The van der Waals surface area contributed by atoms with Gasteiger partial charge in [0.1, 0.15) is 0 Å². The normalized spacial score (nSPS) is 34.2. The van der Waals surface area contributed by atoms with Crippen LogP contribution in [0.25, 0.3) is 0 Å². The van der Waals surface area contributed by atoms with Crippen molar-refractivity contribution in [1.29, 1.82) is 0 Å². The first-order chi connectivity index (χ1) is 5.79. The van der Waals surface area contributed by atoms with Gasteiger partial charge >= 0.3 is 0 Å². The number of nitrogens with two attached hydrogens (primary N) is 1. The molecule has 2 nitrogen and oxygen atoms in total. The minimum Gasteiger partial charge on any atom is -0.325 e. The molecule has 0 spiro atoms. The lowest BCUT2D eigenvalue weighted by atomic mass is 9.73. The lowest BCUT2D eigenvalue weighted by molar-refractivity contribution is 0.193. The molecule has 2 fully saturated rings. The van der Waals surface area contributed by atoms with Crippen LogP contribution in [0.15, 0.2) is 0 Å². The van der Waals surface area contributed by atoms with E-state index in [9.17, 15) is 0 Å². The smallest absolute Gasteiger partial charge is 0.0169 e. The van der Waals surface area contributed by atoms with Crippen LogP contribution in [0.1, 0.15) is 44.9 Å². The fraction of sp³-hybridized carbons (Fsp3) is 1.00. The van der Waals surface area contributed by atoms with Crippen molar-refractivity contribution < 1.29 is 0 Å². The fourth-order valence-corrected chi connectivity index (χ4v) is 2.42. The molecule has 0 aromatic carbocycles. The van der Waals surface area contributed by atoms with Crippen molar-refractivity contribution in [2.24, 2.45) is 5.73 Å². The van der Waals surface area contributed by atoms with Crippen LogP contribution in [0.2, 0.25) is 0 Å². The van der Waals surface area contributed by atoms with Crippen LogP contribution in [0.5, 0.6) is 0 Å². The van der Waals surface area contributed by atoms with Gasteiger partial charge in [-0.05, 0) is 45.1 Å². The molecule has 1 atom stereocenters. The molecule has 2 heteroatoms. The third-order valence-electron chi connectivity index (χ3n) is 3.41. The summed E-state index contributed by atoms with van der Waals surface area (Å²) in [5.74, 6) is 0. The minimum absolute atomic E-state index is 0.217. The summed E-state index contributed by atoms with van der Waals surface area (Å²) in [6.45, 7) is 1.21. The highest BCUT2D eigenvalue weighted by molar-refractivity contribution is 4.96. The molecule has 1 aliphatic carbocycles. The molecule has 0 amide bonds. The number of rotatable bonds is 2. The van der Waals surface area contributed by atoms with Crippen LogP contribution in [0.4, 0.5) is 0 Å². The van der Waals surface area contributed by atoms with Crippen molar-refractivity contribution >= 4 is 0 Å². The first-order valence-corrected chi connectivity index (χ1v) is 5.31. The van der Waals surface area contributed by atoms with Gasteiger partial charge < -0.3 is 11.1 Å². The zero-order chi connectivity index (χ0) is 8.44. The highest BCUT2D eigenvalue weighted by Crippen LogP contribution is 2.34. The van der Waals surface area contributed by atoms with Crippen molar-refractivity contribution in [2.75, 3.05) is 6.54 Å². The summed E-state index contributed by atoms with van der Waals surface area (Å²) in [4.78, 5) is 0. The van der Waals surface area contributed by atoms with Gasteiger partial charge in [-0.3, -0.25) is 0 Å². The van der Waals surface area contributed by atoms with E-state index in [1.54, 1.807) is 0 Å². The number of piperidine rings is 1. The van der Waals surface area contributed by atoms with E-state index in [4.69, 9.17) is 5.73 Å². The van der Waals surface area contributed by atoms with Gasteiger partial charge in [0.15, 0.2) is 0 Å². The Morgan fingerprint density at radius 2 is 2.08 bits per heavy atom. The maximum atomic E-state index is 6.19. The third kappa shape index (κ3) is 1.80. The predicted octanol–water partition coefficient (Wildman–Crippen LogP) is 1.40. The van der Waals surface area contributed by atoms with Gasteiger partial charge in [0, 0.05) is 11.6 Å². The fourth-order valence-electron chi connectivity index (χ4n) is 2.42. The van der Waals surface area contributed by atoms with Crippen LogP contribution >= 0.6 is 0 Å². The largest absolute Gasteiger partial charge is 0.325 e. The van der Waals surface area contributed by atoms with Crippen molar-refractivity contribution in [1.82, 2.24) is 5.32 Å². The molecule has 0 radical (unpaired) electrons. The lowest BCUT2D eigenvalue weighted by Crippen LogP contribution is -2.52. The van der Waals surface area contributed by atoms with E-state index in [0.717, 1.165) is 6.04 Å². The van der Waals surface area contributed by atoms with Crippen LogP contribution in [0, 0.1) is 0 Å². The second kappa shape index (κ2) is 3.35. The second-order valence-electron chi connectivity index (χ2n) is 4.57. The molecule has 1 saturated heterocycles. The molecular weight excluding hydrogens is 148 g/mol. The van der Waals surface area contributed by atoms with E-state index in [1.165, 1.54) is 51.5 Å². The SMILES string of the molecule is NC1(CC2CCCCN2)CCC1. The van der Waals surface area contributed by atoms with Crippen LogP contribution in [-0.4, -0.2) is 18.1 Å². The predicted molar refractivity (Wildman–Crippen MR) is 51.0 cm³/mol. The molecule has 0 aromatic rings. The molecule has 1 unspecified atom stereocenters. The molecule has 2 rings (SSSR count). The summed E-state index contributed by atoms with van der Waals surface area (Å²) < 4.78 is 0. The van der Waals surface area contributed by atoms with Gasteiger partial charge in [-0.1, -0.05) is 6.42 Å². The summed E-state index contributed by atoms with van der Waals surface area (Å²) in [6.07, 6.45) is 9.17. The van der Waals surface area contributed by atoms with E-state index in [1.807, 2.05) is 0 Å². The third-order valence-corrected chi connectivity index (χ3v) is 3.41. The second-order valence-corrected chi connectivity index (χ2v) is 4.57. The molecule has 2 aliphatic rings. The van der Waals surface area contributed by atoms with Crippen LogP contribution in [0.3, 0.4) is 0 Å². The van der Waals surface area contributed by atoms with Crippen molar-refractivity contribution in [3.8, 4) is 0 Å². The Morgan fingerprint density at radius 1 is 1.25 bits per heavy atom. The summed E-state index contributed by atoms with van der Waals surface area (Å²) in [5, 5.41) is 3.56. The maximum Gasteiger partial charge on any atom is 0.0169 e. The van der Waals surface area contributed by atoms with Gasteiger partial charge in [0.05, 0.1) is 0 Å². The molecule has 1 aliphatic heterocycles. The van der Waals surface area contributed by atoms with Gasteiger partial charge in [-0.15, -0.1) is 0 Å².